The Hall–Kier alpha value is -0.410. The summed E-state index contributed by atoms with van der Waals surface area (Å²) >= 11 is 3.19. The van der Waals surface area contributed by atoms with Crippen molar-refractivity contribution in [1.82, 2.24) is 5.32 Å². The Balaban J connectivity index is 2.91. The first-order chi connectivity index (χ1) is 8.10. The molecule has 0 fully saturated rings. The van der Waals surface area contributed by atoms with E-state index in [0.29, 0.717) is 10.4 Å². The van der Waals surface area contributed by atoms with Crippen molar-refractivity contribution in [2.45, 2.75) is 39.7 Å². The Morgan fingerprint density at radius 3 is 2.59 bits per heavy atom. The lowest BCUT2D eigenvalue weighted by atomic mass is 9.92. The van der Waals surface area contributed by atoms with Gasteiger partial charge in [0.1, 0.15) is 5.82 Å². The fourth-order valence-corrected chi connectivity index (χ4v) is 2.14. The summed E-state index contributed by atoms with van der Waals surface area (Å²) in [6.07, 6.45) is 2.17. The molecular formula is C14H21BrFN. The normalized spacial score (nSPS) is 14.6. The van der Waals surface area contributed by atoms with E-state index in [2.05, 4.69) is 42.0 Å². The predicted molar refractivity (Wildman–Crippen MR) is 74.6 cm³/mol. The molecule has 17 heavy (non-hydrogen) atoms. The average Bonchev–Trinajstić information content (AvgIpc) is 2.33. The van der Waals surface area contributed by atoms with E-state index >= 15 is 0 Å². The van der Waals surface area contributed by atoms with Crippen LogP contribution in [0.25, 0.3) is 0 Å². The molecule has 2 unspecified atom stereocenters. The third-order valence-electron chi connectivity index (χ3n) is 3.13. The number of hydrogen-bond acceptors (Lipinski definition) is 1. The molecule has 0 amide bonds. The van der Waals surface area contributed by atoms with E-state index in [1.54, 1.807) is 12.1 Å². The van der Waals surface area contributed by atoms with Gasteiger partial charge in [-0.25, -0.2) is 4.39 Å². The maximum Gasteiger partial charge on any atom is 0.137 e. The van der Waals surface area contributed by atoms with Crippen LogP contribution in [0.5, 0.6) is 0 Å². The smallest absolute Gasteiger partial charge is 0.137 e. The van der Waals surface area contributed by atoms with Crippen LogP contribution in [-0.2, 0) is 0 Å². The van der Waals surface area contributed by atoms with Crippen molar-refractivity contribution in [2.75, 3.05) is 6.54 Å². The molecule has 0 aliphatic rings. The summed E-state index contributed by atoms with van der Waals surface area (Å²) in [6.45, 7) is 7.48. The first kappa shape index (κ1) is 14.7. The lowest BCUT2D eigenvalue weighted by Crippen LogP contribution is -2.27. The molecule has 3 heteroatoms. The lowest BCUT2D eigenvalue weighted by Gasteiger charge is -2.25. The minimum Gasteiger partial charge on any atom is -0.310 e. The predicted octanol–water partition coefficient (Wildman–Crippen LogP) is 4.68. The van der Waals surface area contributed by atoms with Crippen molar-refractivity contribution in [1.29, 1.82) is 0 Å². The molecule has 1 nitrogen and oxygen atoms in total. The van der Waals surface area contributed by atoms with Crippen LogP contribution in [-0.4, -0.2) is 6.54 Å². The maximum absolute atomic E-state index is 13.6. The fourth-order valence-electron chi connectivity index (χ4n) is 1.89. The van der Waals surface area contributed by atoms with Gasteiger partial charge in [-0.1, -0.05) is 33.3 Å². The number of hydrogen-bond donors (Lipinski definition) is 1. The van der Waals surface area contributed by atoms with Crippen molar-refractivity contribution in [3.05, 3.63) is 34.1 Å². The third kappa shape index (κ3) is 4.07. The first-order valence-electron chi connectivity index (χ1n) is 6.28. The Morgan fingerprint density at radius 1 is 1.35 bits per heavy atom. The number of benzene rings is 1. The Kier molecular flexibility index (Phi) is 6.14. The van der Waals surface area contributed by atoms with Gasteiger partial charge in [0, 0.05) is 6.04 Å². The molecule has 0 bridgehead atoms. The van der Waals surface area contributed by atoms with Crippen LogP contribution in [0.4, 0.5) is 4.39 Å². The molecule has 0 aliphatic carbocycles. The largest absolute Gasteiger partial charge is 0.310 e. The molecule has 1 rings (SSSR count). The molecule has 1 N–H and O–H groups in total. The standard InChI is InChI=1S/C14H21BrFN/c1-4-8-17-14(10(3)5-2)11-6-7-12(15)13(16)9-11/h6-7,9-10,14,17H,4-5,8H2,1-3H3. The van der Waals surface area contributed by atoms with Crippen molar-refractivity contribution in [3.63, 3.8) is 0 Å². The van der Waals surface area contributed by atoms with Gasteiger partial charge in [-0.3, -0.25) is 0 Å². The summed E-state index contributed by atoms with van der Waals surface area (Å²) in [6, 6.07) is 5.65. The van der Waals surface area contributed by atoms with Gasteiger partial charge in [0.15, 0.2) is 0 Å². The topological polar surface area (TPSA) is 12.0 Å². The lowest BCUT2D eigenvalue weighted by molar-refractivity contribution is 0.376. The van der Waals surface area contributed by atoms with Crippen LogP contribution < -0.4 is 5.32 Å². The van der Waals surface area contributed by atoms with Gasteiger partial charge in [-0.15, -0.1) is 0 Å². The minimum atomic E-state index is -0.186. The third-order valence-corrected chi connectivity index (χ3v) is 3.77. The Bertz CT molecular complexity index is 354. The van der Waals surface area contributed by atoms with E-state index in [-0.39, 0.29) is 11.9 Å². The number of halogens is 2. The van der Waals surface area contributed by atoms with E-state index in [1.165, 1.54) is 0 Å². The van der Waals surface area contributed by atoms with Crippen LogP contribution in [0.2, 0.25) is 0 Å². The second-order valence-electron chi connectivity index (χ2n) is 4.49. The highest BCUT2D eigenvalue weighted by Crippen LogP contribution is 2.27. The van der Waals surface area contributed by atoms with Crippen molar-refractivity contribution in [2.24, 2.45) is 5.92 Å². The minimum absolute atomic E-state index is 0.186. The zero-order chi connectivity index (χ0) is 12.8. The van der Waals surface area contributed by atoms with Gasteiger partial charge in [0.05, 0.1) is 4.47 Å². The summed E-state index contributed by atoms with van der Waals surface area (Å²) in [5.74, 6) is 0.316. The zero-order valence-electron chi connectivity index (χ0n) is 10.8. The first-order valence-corrected chi connectivity index (χ1v) is 7.07. The summed E-state index contributed by atoms with van der Waals surface area (Å²) in [7, 11) is 0. The highest BCUT2D eigenvalue weighted by atomic mass is 79.9. The number of rotatable bonds is 6. The van der Waals surface area contributed by atoms with Gasteiger partial charge in [-0.05, 0) is 52.5 Å². The van der Waals surface area contributed by atoms with Crippen molar-refractivity contribution in [3.8, 4) is 0 Å². The maximum atomic E-state index is 13.6. The Morgan fingerprint density at radius 2 is 2.06 bits per heavy atom. The molecule has 2 atom stereocenters. The second kappa shape index (κ2) is 7.12. The summed E-state index contributed by atoms with van der Waals surface area (Å²) in [5.41, 5.74) is 1.04. The molecule has 0 saturated carbocycles. The molecule has 0 radical (unpaired) electrons. The average molecular weight is 302 g/mol. The van der Waals surface area contributed by atoms with Gasteiger partial charge < -0.3 is 5.32 Å². The molecule has 0 saturated heterocycles. The zero-order valence-corrected chi connectivity index (χ0v) is 12.3. The molecule has 0 heterocycles. The quantitative estimate of drug-likeness (QED) is 0.805. The highest BCUT2D eigenvalue weighted by molar-refractivity contribution is 9.10. The summed E-state index contributed by atoms with van der Waals surface area (Å²) in [4.78, 5) is 0. The van der Waals surface area contributed by atoms with Crippen molar-refractivity contribution < 1.29 is 4.39 Å². The molecule has 1 aromatic rings. The van der Waals surface area contributed by atoms with Gasteiger partial charge in [0.2, 0.25) is 0 Å². The number of nitrogens with one attached hydrogen (secondary N) is 1. The molecule has 0 aliphatic heterocycles. The molecule has 1 aromatic carbocycles. The van der Waals surface area contributed by atoms with E-state index in [1.807, 2.05) is 6.07 Å². The van der Waals surface area contributed by atoms with Crippen LogP contribution in [0.3, 0.4) is 0 Å². The van der Waals surface area contributed by atoms with Gasteiger partial charge >= 0.3 is 0 Å². The molecular weight excluding hydrogens is 281 g/mol. The van der Waals surface area contributed by atoms with Crippen LogP contribution >= 0.6 is 15.9 Å². The molecule has 0 spiro atoms. The molecule has 96 valence electrons. The van der Waals surface area contributed by atoms with Crippen LogP contribution in [0.1, 0.15) is 45.2 Å². The SMILES string of the molecule is CCCNC(c1ccc(Br)c(F)c1)C(C)CC. The highest BCUT2D eigenvalue weighted by Gasteiger charge is 2.18. The monoisotopic (exact) mass is 301 g/mol. The second-order valence-corrected chi connectivity index (χ2v) is 5.35. The van der Waals surface area contributed by atoms with E-state index in [9.17, 15) is 4.39 Å². The van der Waals surface area contributed by atoms with Gasteiger partial charge in [0.25, 0.3) is 0 Å². The van der Waals surface area contributed by atoms with E-state index in [0.717, 1.165) is 24.9 Å². The Labute approximate surface area is 112 Å². The van der Waals surface area contributed by atoms with Crippen LogP contribution in [0.15, 0.2) is 22.7 Å². The van der Waals surface area contributed by atoms with Crippen LogP contribution in [0, 0.1) is 11.7 Å². The molecule has 0 aromatic heterocycles. The summed E-state index contributed by atoms with van der Waals surface area (Å²) < 4.78 is 14.1. The van der Waals surface area contributed by atoms with Gasteiger partial charge in [-0.2, -0.15) is 0 Å². The van der Waals surface area contributed by atoms with Crippen molar-refractivity contribution >= 4 is 15.9 Å². The fraction of sp³-hybridized carbons (Fsp3) is 0.571. The van der Waals surface area contributed by atoms with E-state index in [4.69, 9.17) is 0 Å². The van der Waals surface area contributed by atoms with E-state index < -0.39 is 0 Å². The summed E-state index contributed by atoms with van der Waals surface area (Å²) in [5, 5.41) is 3.50.